The third-order valence-corrected chi connectivity index (χ3v) is 4.85. The van der Waals surface area contributed by atoms with Crippen LogP contribution in [0.15, 0.2) is 24.3 Å². The lowest BCUT2D eigenvalue weighted by atomic mass is 10.1. The third kappa shape index (κ3) is 6.25. The van der Waals surface area contributed by atoms with E-state index in [2.05, 4.69) is 5.32 Å². The lowest BCUT2D eigenvalue weighted by molar-refractivity contribution is -0.132. The molecule has 7 heteroatoms. The highest BCUT2D eigenvalue weighted by Gasteiger charge is 2.23. The Bertz CT molecular complexity index is 625. The molecule has 0 aromatic heterocycles. The fourth-order valence-corrected chi connectivity index (χ4v) is 3.17. The standard InChI is InChI=1S/C19H26FN3O2.ClH/c20-17-4-1-3-16(11-17)12-18(24)22-7-2-8-23(10-9-22)19(25)14-21-13-15-5-6-15;/h1,3-4,11,15,21H,2,5-10,12-14H2;1H. The van der Waals surface area contributed by atoms with Crippen LogP contribution in [-0.2, 0) is 16.0 Å². The van der Waals surface area contributed by atoms with Gasteiger partial charge in [-0.15, -0.1) is 12.4 Å². The second-order valence-corrected chi connectivity index (χ2v) is 7.00. The third-order valence-electron chi connectivity index (χ3n) is 4.85. The molecule has 1 heterocycles. The summed E-state index contributed by atoms with van der Waals surface area (Å²) in [4.78, 5) is 28.4. The van der Waals surface area contributed by atoms with E-state index in [9.17, 15) is 14.0 Å². The molecule has 0 spiro atoms. The van der Waals surface area contributed by atoms with Crippen molar-refractivity contribution in [3.63, 3.8) is 0 Å². The predicted molar refractivity (Wildman–Crippen MR) is 101 cm³/mol. The largest absolute Gasteiger partial charge is 0.341 e. The Kier molecular flexibility index (Phi) is 7.85. The highest BCUT2D eigenvalue weighted by atomic mass is 35.5. The molecule has 5 nitrogen and oxygen atoms in total. The lowest BCUT2D eigenvalue weighted by Gasteiger charge is -2.22. The molecule has 2 amide bonds. The van der Waals surface area contributed by atoms with Crippen molar-refractivity contribution in [2.75, 3.05) is 39.3 Å². The second kappa shape index (κ2) is 9.88. The summed E-state index contributed by atoms with van der Waals surface area (Å²) in [5.41, 5.74) is 0.687. The van der Waals surface area contributed by atoms with Crippen LogP contribution in [0.2, 0.25) is 0 Å². The first-order valence-corrected chi connectivity index (χ1v) is 9.12. The molecular weight excluding hydrogens is 357 g/mol. The van der Waals surface area contributed by atoms with E-state index >= 15 is 0 Å². The van der Waals surface area contributed by atoms with Crippen molar-refractivity contribution in [2.45, 2.75) is 25.7 Å². The van der Waals surface area contributed by atoms with Gasteiger partial charge in [-0.2, -0.15) is 0 Å². The number of carbonyl (C=O) groups is 2. The predicted octanol–water partition coefficient (Wildman–Crippen LogP) is 1.85. The van der Waals surface area contributed by atoms with Gasteiger partial charge in [0.2, 0.25) is 11.8 Å². The molecule has 0 bridgehead atoms. The van der Waals surface area contributed by atoms with Crippen molar-refractivity contribution in [3.05, 3.63) is 35.6 Å². The van der Waals surface area contributed by atoms with Crippen molar-refractivity contribution in [1.82, 2.24) is 15.1 Å². The van der Waals surface area contributed by atoms with Crippen LogP contribution in [0, 0.1) is 11.7 Å². The normalized spacial score (nSPS) is 17.4. The topological polar surface area (TPSA) is 52.7 Å². The van der Waals surface area contributed by atoms with Gasteiger partial charge >= 0.3 is 0 Å². The first-order chi connectivity index (χ1) is 12.1. The van der Waals surface area contributed by atoms with Crippen molar-refractivity contribution in [1.29, 1.82) is 0 Å². The van der Waals surface area contributed by atoms with Crippen molar-refractivity contribution in [2.24, 2.45) is 5.92 Å². The minimum atomic E-state index is -0.323. The Morgan fingerprint density at radius 2 is 1.77 bits per heavy atom. The summed E-state index contributed by atoms with van der Waals surface area (Å²) in [5.74, 6) is 0.538. The van der Waals surface area contributed by atoms with Gasteiger partial charge in [0.25, 0.3) is 0 Å². The second-order valence-electron chi connectivity index (χ2n) is 7.00. The minimum Gasteiger partial charge on any atom is -0.341 e. The van der Waals surface area contributed by atoms with Crippen LogP contribution < -0.4 is 5.32 Å². The van der Waals surface area contributed by atoms with Crippen LogP contribution in [0.1, 0.15) is 24.8 Å². The smallest absolute Gasteiger partial charge is 0.236 e. The Morgan fingerprint density at radius 3 is 2.42 bits per heavy atom. The molecule has 2 aliphatic rings. The zero-order chi connectivity index (χ0) is 17.6. The quantitative estimate of drug-likeness (QED) is 0.815. The maximum Gasteiger partial charge on any atom is 0.236 e. The molecule has 3 rings (SSSR count). The minimum absolute atomic E-state index is 0. The van der Waals surface area contributed by atoms with Crippen LogP contribution in [0.3, 0.4) is 0 Å². The Labute approximate surface area is 160 Å². The van der Waals surface area contributed by atoms with Gasteiger partial charge in [-0.1, -0.05) is 12.1 Å². The van der Waals surface area contributed by atoms with Gasteiger partial charge < -0.3 is 15.1 Å². The maximum absolute atomic E-state index is 13.2. The van der Waals surface area contributed by atoms with E-state index in [-0.39, 0.29) is 36.5 Å². The van der Waals surface area contributed by atoms with Crippen molar-refractivity contribution in [3.8, 4) is 0 Å². The van der Waals surface area contributed by atoms with Crippen LogP contribution >= 0.6 is 12.4 Å². The summed E-state index contributed by atoms with van der Waals surface area (Å²) in [7, 11) is 0. The van der Waals surface area contributed by atoms with E-state index in [1.165, 1.54) is 25.0 Å². The van der Waals surface area contributed by atoms with E-state index in [0.717, 1.165) is 18.9 Å². The highest BCUT2D eigenvalue weighted by Crippen LogP contribution is 2.27. The average Bonchev–Trinajstić information content (AvgIpc) is 3.41. The number of nitrogens with zero attached hydrogens (tertiary/aromatic N) is 2. The average molecular weight is 384 g/mol. The molecule has 1 aromatic rings. The maximum atomic E-state index is 13.2. The van der Waals surface area contributed by atoms with Crippen LogP contribution in [0.4, 0.5) is 4.39 Å². The van der Waals surface area contributed by atoms with Crippen molar-refractivity contribution < 1.29 is 14.0 Å². The first-order valence-electron chi connectivity index (χ1n) is 9.12. The molecule has 1 aromatic carbocycles. The number of carbonyl (C=O) groups excluding carboxylic acids is 2. The van der Waals surface area contributed by atoms with Crippen LogP contribution in [0.5, 0.6) is 0 Å². The van der Waals surface area contributed by atoms with Gasteiger partial charge in [0.15, 0.2) is 0 Å². The van der Waals surface area contributed by atoms with Gasteiger partial charge in [0.1, 0.15) is 5.82 Å². The molecule has 144 valence electrons. The summed E-state index contributed by atoms with van der Waals surface area (Å²) < 4.78 is 13.2. The highest BCUT2D eigenvalue weighted by molar-refractivity contribution is 5.85. The number of benzene rings is 1. The van der Waals surface area contributed by atoms with E-state index in [1.807, 2.05) is 4.90 Å². The van der Waals surface area contributed by atoms with Crippen LogP contribution in [-0.4, -0.2) is 60.9 Å². The van der Waals surface area contributed by atoms with Crippen LogP contribution in [0.25, 0.3) is 0 Å². The molecule has 1 N–H and O–H groups in total. The zero-order valence-electron chi connectivity index (χ0n) is 15.0. The summed E-state index contributed by atoms with van der Waals surface area (Å²) in [6.07, 6.45) is 3.53. The number of nitrogens with one attached hydrogen (secondary N) is 1. The molecular formula is C19H27ClFN3O2. The molecule has 0 radical (unpaired) electrons. The molecule has 26 heavy (non-hydrogen) atoms. The van der Waals surface area contributed by atoms with Gasteiger partial charge in [-0.3, -0.25) is 9.59 Å². The van der Waals surface area contributed by atoms with E-state index in [1.54, 1.807) is 17.0 Å². The number of rotatable bonds is 6. The number of halogens is 2. The molecule has 1 aliphatic carbocycles. The van der Waals surface area contributed by atoms with Gasteiger partial charge in [0.05, 0.1) is 13.0 Å². The van der Waals surface area contributed by atoms with Gasteiger partial charge in [-0.25, -0.2) is 4.39 Å². The zero-order valence-corrected chi connectivity index (χ0v) is 15.8. The Balaban J connectivity index is 0.00000243. The summed E-state index contributed by atoms with van der Waals surface area (Å²) in [6.45, 7) is 3.76. The van der Waals surface area contributed by atoms with E-state index in [0.29, 0.717) is 38.3 Å². The number of hydrogen-bond donors (Lipinski definition) is 1. The lowest BCUT2D eigenvalue weighted by Crippen LogP contribution is -2.41. The van der Waals surface area contributed by atoms with Gasteiger partial charge in [0, 0.05) is 26.2 Å². The van der Waals surface area contributed by atoms with E-state index < -0.39 is 0 Å². The number of hydrogen-bond acceptors (Lipinski definition) is 3. The summed E-state index contributed by atoms with van der Waals surface area (Å²) in [6, 6.07) is 6.16. The van der Waals surface area contributed by atoms with Crippen molar-refractivity contribution >= 4 is 24.2 Å². The Hall–Kier alpha value is -1.66. The first kappa shape index (κ1) is 20.6. The molecule has 1 aliphatic heterocycles. The fourth-order valence-electron chi connectivity index (χ4n) is 3.17. The number of amides is 2. The Morgan fingerprint density at radius 1 is 1.08 bits per heavy atom. The summed E-state index contributed by atoms with van der Waals surface area (Å²) in [5, 5.41) is 3.23. The molecule has 2 fully saturated rings. The molecule has 1 saturated heterocycles. The molecule has 0 atom stereocenters. The monoisotopic (exact) mass is 383 g/mol. The molecule has 1 saturated carbocycles. The van der Waals surface area contributed by atoms with E-state index in [4.69, 9.17) is 0 Å². The fraction of sp³-hybridized carbons (Fsp3) is 0.579. The SMILES string of the molecule is Cl.O=C(CNCC1CC1)N1CCCN(C(=O)Cc2cccc(F)c2)CC1. The van der Waals surface area contributed by atoms with Gasteiger partial charge in [-0.05, 0) is 49.4 Å². The molecule has 0 unspecified atom stereocenters. The summed E-state index contributed by atoms with van der Waals surface area (Å²) >= 11 is 0.